The molecular formula is C15H19N3O2. The van der Waals surface area contributed by atoms with Gasteiger partial charge in [-0.15, -0.1) is 0 Å². The molecule has 2 fully saturated rings. The minimum Gasteiger partial charge on any atom is -0.399 e. The first kappa shape index (κ1) is 13.0. The highest BCUT2D eigenvalue weighted by Gasteiger charge is 2.51. The number of anilines is 1. The number of benzene rings is 1. The molecule has 0 bridgehead atoms. The molecule has 0 heterocycles. The van der Waals surface area contributed by atoms with Crippen molar-refractivity contribution < 1.29 is 9.59 Å². The van der Waals surface area contributed by atoms with Gasteiger partial charge in [0, 0.05) is 11.7 Å². The first-order valence-electron chi connectivity index (χ1n) is 7.04. The van der Waals surface area contributed by atoms with Crippen molar-refractivity contribution in [3.8, 4) is 0 Å². The van der Waals surface area contributed by atoms with Crippen LogP contribution in [0, 0.1) is 0 Å². The Morgan fingerprint density at radius 3 is 2.40 bits per heavy atom. The van der Waals surface area contributed by atoms with E-state index >= 15 is 0 Å². The maximum absolute atomic E-state index is 12.3. The van der Waals surface area contributed by atoms with Crippen LogP contribution in [-0.2, 0) is 15.0 Å². The monoisotopic (exact) mass is 273 g/mol. The number of carbonyl (C=O) groups excluding carboxylic acids is 2. The summed E-state index contributed by atoms with van der Waals surface area (Å²) in [6.07, 6.45) is 3.75. The molecule has 5 heteroatoms. The van der Waals surface area contributed by atoms with Crippen LogP contribution in [0.3, 0.4) is 0 Å². The standard InChI is InChI=1S/C15H19N3O2/c16-11-3-1-10(2-4-11)15(7-8-15)14(20)17-9-13(19)18-12-5-6-12/h1-4,12H,5-9,16H2,(H,17,20)(H,18,19). The summed E-state index contributed by atoms with van der Waals surface area (Å²) in [6.45, 7) is 0.0616. The summed E-state index contributed by atoms with van der Waals surface area (Å²) >= 11 is 0. The van der Waals surface area contributed by atoms with Crippen molar-refractivity contribution in [2.24, 2.45) is 0 Å². The maximum atomic E-state index is 12.3. The Labute approximate surface area is 117 Å². The second kappa shape index (κ2) is 4.81. The van der Waals surface area contributed by atoms with Crippen molar-refractivity contribution in [3.63, 3.8) is 0 Å². The van der Waals surface area contributed by atoms with Crippen LogP contribution in [0.1, 0.15) is 31.2 Å². The molecule has 2 aliphatic rings. The molecule has 1 aromatic rings. The van der Waals surface area contributed by atoms with E-state index in [0.29, 0.717) is 11.7 Å². The number of nitrogen functional groups attached to an aromatic ring is 1. The predicted octanol–water partition coefficient (Wildman–Crippen LogP) is 0.695. The quantitative estimate of drug-likeness (QED) is 0.690. The van der Waals surface area contributed by atoms with Crippen LogP contribution in [0.5, 0.6) is 0 Å². The number of nitrogens with one attached hydrogen (secondary N) is 2. The lowest BCUT2D eigenvalue weighted by molar-refractivity contribution is -0.127. The van der Waals surface area contributed by atoms with Crippen LogP contribution >= 0.6 is 0 Å². The molecule has 0 saturated heterocycles. The lowest BCUT2D eigenvalue weighted by Gasteiger charge is -2.16. The summed E-state index contributed by atoms with van der Waals surface area (Å²) in [5.74, 6) is -0.165. The van der Waals surface area contributed by atoms with Gasteiger partial charge in [-0.1, -0.05) is 12.1 Å². The largest absolute Gasteiger partial charge is 0.399 e. The minimum atomic E-state index is -0.451. The van der Waals surface area contributed by atoms with E-state index in [1.807, 2.05) is 24.3 Å². The van der Waals surface area contributed by atoms with Crippen molar-refractivity contribution in [1.29, 1.82) is 0 Å². The molecule has 2 saturated carbocycles. The highest BCUT2D eigenvalue weighted by Crippen LogP contribution is 2.48. The molecule has 20 heavy (non-hydrogen) atoms. The SMILES string of the molecule is Nc1ccc(C2(C(=O)NCC(=O)NC3CC3)CC2)cc1. The molecule has 1 aromatic carbocycles. The Bertz CT molecular complexity index is 531. The molecule has 0 radical (unpaired) electrons. The van der Waals surface area contributed by atoms with Crippen LogP contribution in [0.25, 0.3) is 0 Å². The molecule has 0 spiro atoms. The first-order chi connectivity index (χ1) is 9.60. The molecule has 106 valence electrons. The van der Waals surface area contributed by atoms with Crippen molar-refractivity contribution >= 4 is 17.5 Å². The van der Waals surface area contributed by atoms with E-state index in [9.17, 15) is 9.59 Å². The number of hydrogen-bond donors (Lipinski definition) is 3. The summed E-state index contributed by atoms with van der Waals surface area (Å²) in [5, 5.41) is 5.61. The van der Waals surface area contributed by atoms with Gasteiger partial charge >= 0.3 is 0 Å². The summed E-state index contributed by atoms with van der Waals surface area (Å²) < 4.78 is 0. The molecule has 4 N–H and O–H groups in total. The minimum absolute atomic E-state index is 0.0616. The van der Waals surface area contributed by atoms with E-state index in [4.69, 9.17) is 5.73 Å². The van der Waals surface area contributed by atoms with Crippen LogP contribution in [0.15, 0.2) is 24.3 Å². The summed E-state index contributed by atoms with van der Waals surface area (Å²) in [4.78, 5) is 23.9. The number of amides is 2. The fraction of sp³-hybridized carbons (Fsp3) is 0.467. The average molecular weight is 273 g/mol. The normalized spacial score (nSPS) is 19.2. The smallest absolute Gasteiger partial charge is 0.239 e. The molecule has 0 atom stereocenters. The van der Waals surface area contributed by atoms with E-state index in [-0.39, 0.29) is 18.4 Å². The zero-order valence-corrected chi connectivity index (χ0v) is 11.3. The van der Waals surface area contributed by atoms with Gasteiger partial charge in [0.1, 0.15) is 0 Å². The van der Waals surface area contributed by atoms with E-state index in [2.05, 4.69) is 10.6 Å². The van der Waals surface area contributed by atoms with Crippen molar-refractivity contribution in [3.05, 3.63) is 29.8 Å². The maximum Gasteiger partial charge on any atom is 0.239 e. The van der Waals surface area contributed by atoms with Gasteiger partial charge in [-0.2, -0.15) is 0 Å². The van der Waals surface area contributed by atoms with Crippen LogP contribution < -0.4 is 16.4 Å². The van der Waals surface area contributed by atoms with E-state index < -0.39 is 5.41 Å². The third kappa shape index (κ3) is 2.61. The Balaban J connectivity index is 1.58. The van der Waals surface area contributed by atoms with Gasteiger partial charge in [-0.25, -0.2) is 0 Å². The Morgan fingerprint density at radius 1 is 1.20 bits per heavy atom. The third-order valence-corrected chi connectivity index (χ3v) is 4.00. The summed E-state index contributed by atoms with van der Waals surface area (Å²) in [5.41, 5.74) is 6.88. The second-order valence-electron chi connectivity index (χ2n) is 5.73. The zero-order valence-electron chi connectivity index (χ0n) is 11.3. The van der Waals surface area contributed by atoms with Gasteiger partial charge in [-0.3, -0.25) is 9.59 Å². The number of hydrogen-bond acceptors (Lipinski definition) is 3. The predicted molar refractivity (Wildman–Crippen MR) is 75.9 cm³/mol. The van der Waals surface area contributed by atoms with Gasteiger partial charge in [0.25, 0.3) is 0 Å². The number of nitrogens with two attached hydrogens (primary N) is 1. The fourth-order valence-corrected chi connectivity index (χ4v) is 2.41. The van der Waals surface area contributed by atoms with Crippen molar-refractivity contribution in [2.75, 3.05) is 12.3 Å². The molecule has 3 rings (SSSR count). The molecule has 0 aromatic heterocycles. The Kier molecular flexibility index (Phi) is 3.12. The van der Waals surface area contributed by atoms with Gasteiger partial charge < -0.3 is 16.4 Å². The van der Waals surface area contributed by atoms with Crippen LogP contribution in [0.2, 0.25) is 0 Å². The summed E-state index contributed by atoms with van der Waals surface area (Å²) in [6, 6.07) is 7.73. The van der Waals surface area contributed by atoms with Gasteiger partial charge in [0.2, 0.25) is 11.8 Å². The van der Waals surface area contributed by atoms with Gasteiger partial charge in [0.05, 0.1) is 12.0 Å². The lowest BCUT2D eigenvalue weighted by Crippen LogP contribution is -2.42. The van der Waals surface area contributed by atoms with Crippen LogP contribution in [0.4, 0.5) is 5.69 Å². The van der Waals surface area contributed by atoms with E-state index in [1.165, 1.54) is 0 Å². The highest BCUT2D eigenvalue weighted by molar-refractivity contribution is 5.94. The molecule has 5 nitrogen and oxygen atoms in total. The molecule has 0 aliphatic heterocycles. The van der Waals surface area contributed by atoms with Crippen molar-refractivity contribution in [1.82, 2.24) is 10.6 Å². The topological polar surface area (TPSA) is 84.2 Å². The number of carbonyl (C=O) groups is 2. The molecule has 0 unspecified atom stereocenters. The second-order valence-corrected chi connectivity index (χ2v) is 5.73. The Hall–Kier alpha value is -2.04. The molecule has 2 aliphatic carbocycles. The summed E-state index contributed by atoms with van der Waals surface area (Å²) in [7, 11) is 0. The zero-order chi connectivity index (χ0) is 14.2. The third-order valence-electron chi connectivity index (χ3n) is 4.00. The molecular weight excluding hydrogens is 254 g/mol. The average Bonchev–Trinajstić information content (AvgIpc) is 3.31. The highest BCUT2D eigenvalue weighted by atomic mass is 16.2. The van der Waals surface area contributed by atoms with Crippen LogP contribution in [-0.4, -0.2) is 24.4 Å². The van der Waals surface area contributed by atoms with E-state index in [1.54, 1.807) is 0 Å². The number of rotatable bonds is 5. The van der Waals surface area contributed by atoms with Gasteiger partial charge in [0.15, 0.2) is 0 Å². The van der Waals surface area contributed by atoms with Gasteiger partial charge in [-0.05, 0) is 43.4 Å². The molecule has 2 amide bonds. The first-order valence-corrected chi connectivity index (χ1v) is 7.04. The fourth-order valence-electron chi connectivity index (χ4n) is 2.41. The Morgan fingerprint density at radius 2 is 1.85 bits per heavy atom. The van der Waals surface area contributed by atoms with Crippen molar-refractivity contribution in [2.45, 2.75) is 37.1 Å². The van der Waals surface area contributed by atoms with E-state index in [0.717, 1.165) is 31.2 Å². The lowest BCUT2D eigenvalue weighted by atomic mass is 9.95.